The molecule has 0 saturated carbocycles. The van der Waals surface area contributed by atoms with Crippen LogP contribution in [0.2, 0.25) is 0 Å². The maximum absolute atomic E-state index is 11.9. The molecule has 4 atom stereocenters. The van der Waals surface area contributed by atoms with E-state index in [0.29, 0.717) is 36.5 Å². The van der Waals surface area contributed by atoms with Crippen molar-refractivity contribution in [1.29, 1.82) is 0 Å². The second-order valence-corrected chi connectivity index (χ2v) is 10.7. The normalized spacial score (nSPS) is 23.9. The number of carbonyl (C=O) groups is 2. The van der Waals surface area contributed by atoms with Gasteiger partial charge in [0.2, 0.25) is 5.91 Å². The third-order valence-electron chi connectivity index (χ3n) is 5.91. The molecule has 0 aliphatic carbocycles. The number of nitrogens with one attached hydrogen (secondary N) is 3. The summed E-state index contributed by atoms with van der Waals surface area (Å²) in [4.78, 5) is 41.4. The molecule has 2 aliphatic rings. The zero-order valence-corrected chi connectivity index (χ0v) is 22.8. The van der Waals surface area contributed by atoms with Gasteiger partial charge in [-0.2, -0.15) is 5.48 Å². The SMILES string of the molecule is CC(C)(C)OC(=O)NOCC(=O)NCCCCNc1ncnc2c1ncn2[C@@H]1O[C@H](CO)[C@H]2OC(C)(C)O[C@H]21. The number of nitrogens with zero attached hydrogens (tertiary/aromatic N) is 4. The van der Waals surface area contributed by atoms with E-state index < -0.39 is 42.0 Å². The number of amides is 2. The summed E-state index contributed by atoms with van der Waals surface area (Å²) >= 11 is 0. The van der Waals surface area contributed by atoms with Crippen LogP contribution < -0.4 is 16.1 Å². The van der Waals surface area contributed by atoms with Crippen LogP contribution in [0.25, 0.3) is 11.2 Å². The van der Waals surface area contributed by atoms with E-state index in [1.54, 1.807) is 31.7 Å². The fourth-order valence-electron chi connectivity index (χ4n) is 4.39. The van der Waals surface area contributed by atoms with Crippen molar-refractivity contribution in [3.05, 3.63) is 12.7 Å². The Balaban J connectivity index is 1.21. The molecule has 216 valence electrons. The Morgan fingerprint density at radius 3 is 2.62 bits per heavy atom. The van der Waals surface area contributed by atoms with Crippen LogP contribution in [0.3, 0.4) is 0 Å². The first-order valence-corrected chi connectivity index (χ1v) is 12.9. The van der Waals surface area contributed by atoms with Gasteiger partial charge in [0.25, 0.3) is 0 Å². The number of hydrogen-bond acceptors (Lipinski definition) is 12. The number of ether oxygens (including phenoxy) is 4. The summed E-state index contributed by atoms with van der Waals surface area (Å²) in [5.41, 5.74) is 2.55. The van der Waals surface area contributed by atoms with Crippen molar-refractivity contribution in [2.75, 3.05) is 31.6 Å². The summed E-state index contributed by atoms with van der Waals surface area (Å²) in [6.07, 6.45) is 1.85. The van der Waals surface area contributed by atoms with Gasteiger partial charge in [0, 0.05) is 13.1 Å². The van der Waals surface area contributed by atoms with Crippen LogP contribution >= 0.6 is 0 Å². The van der Waals surface area contributed by atoms with E-state index >= 15 is 0 Å². The molecule has 15 heteroatoms. The molecular weight excluding hydrogens is 514 g/mol. The number of aliphatic hydroxyl groups excluding tert-OH is 1. The van der Waals surface area contributed by atoms with Crippen molar-refractivity contribution in [3.63, 3.8) is 0 Å². The minimum Gasteiger partial charge on any atom is -0.442 e. The van der Waals surface area contributed by atoms with Crippen LogP contribution in [0, 0.1) is 0 Å². The lowest BCUT2D eigenvalue weighted by molar-refractivity contribution is -0.199. The molecule has 0 spiro atoms. The third kappa shape index (κ3) is 7.30. The van der Waals surface area contributed by atoms with E-state index in [2.05, 4.69) is 31.1 Å². The van der Waals surface area contributed by atoms with Crippen LogP contribution in [0.15, 0.2) is 12.7 Å². The Morgan fingerprint density at radius 2 is 1.87 bits per heavy atom. The second-order valence-electron chi connectivity index (χ2n) is 10.7. The number of unbranched alkanes of at least 4 members (excludes halogenated alkanes) is 1. The van der Waals surface area contributed by atoms with Gasteiger partial charge in [-0.25, -0.2) is 19.7 Å². The largest absolute Gasteiger partial charge is 0.442 e. The minimum absolute atomic E-state index is 0.192. The number of carbonyl (C=O) groups excluding carboxylic acids is 2. The molecule has 2 aromatic heterocycles. The topological polar surface area (TPSA) is 180 Å². The Hall–Kier alpha value is -3.11. The van der Waals surface area contributed by atoms with Gasteiger partial charge in [-0.3, -0.25) is 14.2 Å². The summed E-state index contributed by atoms with van der Waals surface area (Å²) in [5.74, 6) is -0.574. The van der Waals surface area contributed by atoms with Crippen molar-refractivity contribution in [3.8, 4) is 0 Å². The maximum atomic E-state index is 11.9. The van der Waals surface area contributed by atoms with E-state index in [0.717, 1.165) is 6.42 Å². The van der Waals surface area contributed by atoms with Crippen LogP contribution in [-0.4, -0.2) is 92.6 Å². The Bertz CT molecular complexity index is 1150. The van der Waals surface area contributed by atoms with Crippen molar-refractivity contribution >= 4 is 29.0 Å². The molecule has 4 N–H and O–H groups in total. The van der Waals surface area contributed by atoms with Gasteiger partial charge in [0.1, 0.15) is 30.2 Å². The smallest absolute Gasteiger partial charge is 0.431 e. The molecule has 39 heavy (non-hydrogen) atoms. The van der Waals surface area contributed by atoms with Crippen LogP contribution in [0.5, 0.6) is 0 Å². The Kier molecular flexibility index (Phi) is 8.86. The molecule has 2 amide bonds. The molecule has 4 rings (SSSR count). The predicted molar refractivity (Wildman–Crippen MR) is 136 cm³/mol. The molecule has 0 aromatic carbocycles. The van der Waals surface area contributed by atoms with Crippen molar-refractivity contribution in [1.82, 2.24) is 30.3 Å². The molecule has 0 radical (unpaired) electrons. The number of anilines is 1. The second kappa shape index (κ2) is 12.0. The van der Waals surface area contributed by atoms with Gasteiger partial charge >= 0.3 is 6.09 Å². The van der Waals surface area contributed by atoms with Crippen LogP contribution in [0.1, 0.15) is 53.7 Å². The molecule has 2 aliphatic heterocycles. The number of aliphatic hydroxyl groups is 1. The zero-order chi connectivity index (χ0) is 28.2. The lowest BCUT2D eigenvalue weighted by Gasteiger charge is -2.24. The zero-order valence-electron chi connectivity index (χ0n) is 22.8. The van der Waals surface area contributed by atoms with Crippen molar-refractivity contribution < 1.29 is 38.5 Å². The summed E-state index contributed by atoms with van der Waals surface area (Å²) < 4.78 is 24.8. The van der Waals surface area contributed by atoms with E-state index in [-0.39, 0.29) is 19.1 Å². The van der Waals surface area contributed by atoms with E-state index in [1.165, 1.54) is 6.33 Å². The lowest BCUT2D eigenvalue weighted by atomic mass is 10.1. The first-order valence-electron chi connectivity index (χ1n) is 12.9. The first-order chi connectivity index (χ1) is 18.5. The van der Waals surface area contributed by atoms with Gasteiger partial charge in [-0.05, 0) is 47.5 Å². The highest BCUT2D eigenvalue weighted by Gasteiger charge is 2.56. The number of hydrogen-bond donors (Lipinski definition) is 4. The van der Waals surface area contributed by atoms with Gasteiger partial charge in [0.15, 0.2) is 35.6 Å². The fourth-order valence-corrected chi connectivity index (χ4v) is 4.39. The van der Waals surface area contributed by atoms with E-state index in [1.807, 2.05) is 13.8 Å². The van der Waals surface area contributed by atoms with Crippen LogP contribution in [-0.2, 0) is 28.6 Å². The number of imidazole rings is 1. The van der Waals surface area contributed by atoms with Gasteiger partial charge in [0.05, 0.1) is 12.9 Å². The maximum Gasteiger partial charge on any atom is 0.431 e. The van der Waals surface area contributed by atoms with Gasteiger partial charge in [-0.15, -0.1) is 0 Å². The average Bonchev–Trinajstić information content (AvgIpc) is 3.50. The standard InChI is InChI=1S/C24H37N7O8/c1-23(2,3)39-22(34)30-35-11-15(33)25-8-6-7-9-26-19-16-20(28-12-27-19)31(13-29-16)21-18-17(14(10-32)36-21)37-24(4,5)38-18/h12-14,17-18,21,32H,6-11H2,1-5H3,(H,25,33)(H,30,34)(H,26,27,28)/t14-,17-,18-,21-/m1/s1. The molecular formula is C24H37N7O8. The number of hydroxylamine groups is 1. The molecule has 2 aromatic rings. The van der Waals surface area contributed by atoms with E-state index in [9.17, 15) is 14.7 Å². The average molecular weight is 552 g/mol. The Morgan fingerprint density at radius 1 is 1.13 bits per heavy atom. The summed E-state index contributed by atoms with van der Waals surface area (Å²) in [7, 11) is 0. The molecule has 2 saturated heterocycles. The van der Waals surface area contributed by atoms with Crippen molar-refractivity contribution in [2.24, 2.45) is 0 Å². The number of fused-ring (bicyclic) bond motifs is 2. The summed E-state index contributed by atoms with van der Waals surface area (Å²) in [6.45, 7) is 9.35. The molecule has 4 heterocycles. The Labute approximate surface area is 225 Å². The molecule has 15 nitrogen and oxygen atoms in total. The van der Waals surface area contributed by atoms with E-state index in [4.69, 9.17) is 23.8 Å². The molecule has 0 unspecified atom stereocenters. The number of rotatable bonds is 11. The summed E-state index contributed by atoms with van der Waals surface area (Å²) in [5, 5.41) is 15.7. The predicted octanol–water partition coefficient (Wildman–Crippen LogP) is 1.00. The lowest BCUT2D eigenvalue weighted by Crippen LogP contribution is -2.36. The fraction of sp³-hybridized carbons (Fsp3) is 0.708. The summed E-state index contributed by atoms with van der Waals surface area (Å²) in [6, 6.07) is 0. The monoisotopic (exact) mass is 551 g/mol. The highest BCUT2D eigenvalue weighted by Crippen LogP contribution is 2.43. The highest BCUT2D eigenvalue weighted by atomic mass is 16.8. The quantitative estimate of drug-likeness (QED) is 0.230. The first kappa shape index (κ1) is 28.9. The van der Waals surface area contributed by atoms with Crippen LogP contribution in [0.4, 0.5) is 10.6 Å². The molecule has 2 fully saturated rings. The number of aromatic nitrogens is 4. The van der Waals surface area contributed by atoms with Gasteiger partial charge < -0.3 is 34.7 Å². The minimum atomic E-state index is -0.785. The highest BCUT2D eigenvalue weighted by molar-refractivity contribution is 5.82. The molecule has 0 bridgehead atoms. The third-order valence-corrected chi connectivity index (χ3v) is 5.91. The van der Waals surface area contributed by atoms with Crippen molar-refractivity contribution in [2.45, 2.75) is 83.4 Å². The van der Waals surface area contributed by atoms with Gasteiger partial charge in [-0.1, -0.05) is 0 Å².